The van der Waals surface area contributed by atoms with Gasteiger partial charge >= 0.3 is 6.18 Å². The van der Waals surface area contributed by atoms with E-state index in [0.717, 1.165) is 29.3 Å². The number of aromatic nitrogens is 1. The predicted molar refractivity (Wildman–Crippen MR) is 89.6 cm³/mol. The van der Waals surface area contributed by atoms with Gasteiger partial charge in [0.15, 0.2) is 0 Å². The van der Waals surface area contributed by atoms with Gasteiger partial charge in [0.2, 0.25) is 15.9 Å². The van der Waals surface area contributed by atoms with Crippen molar-refractivity contribution in [1.29, 1.82) is 0 Å². The normalized spacial score (nSPS) is 16.6. The van der Waals surface area contributed by atoms with Crippen LogP contribution in [-0.2, 0) is 16.2 Å². The SMILES string of the molecule is O=S(=O)(/C=C/c1ccccc1)N1CC(Oc2cc(C(F)(F)F)ccn2)C1. The van der Waals surface area contributed by atoms with Crippen molar-refractivity contribution < 1.29 is 26.3 Å². The van der Waals surface area contributed by atoms with Crippen LogP contribution in [0.3, 0.4) is 0 Å². The summed E-state index contributed by atoms with van der Waals surface area (Å²) in [6.45, 7) is 0.110. The first-order valence-electron chi connectivity index (χ1n) is 7.67. The Morgan fingerprint density at radius 1 is 1.15 bits per heavy atom. The molecule has 0 spiro atoms. The average Bonchev–Trinajstić information content (AvgIpc) is 2.56. The highest BCUT2D eigenvalue weighted by Crippen LogP contribution is 2.31. The van der Waals surface area contributed by atoms with E-state index in [1.54, 1.807) is 24.3 Å². The molecule has 0 radical (unpaired) electrons. The first kappa shape index (κ1) is 18.4. The lowest BCUT2D eigenvalue weighted by Gasteiger charge is -2.36. The third kappa shape index (κ3) is 4.41. The number of rotatable bonds is 5. The molecule has 0 saturated carbocycles. The van der Waals surface area contributed by atoms with Gasteiger partial charge in [-0.1, -0.05) is 30.3 Å². The maximum atomic E-state index is 12.7. The lowest BCUT2D eigenvalue weighted by atomic mass is 10.2. The van der Waals surface area contributed by atoms with Crippen molar-refractivity contribution in [1.82, 2.24) is 9.29 Å². The summed E-state index contributed by atoms with van der Waals surface area (Å²) in [7, 11) is -3.61. The second-order valence-corrected chi connectivity index (χ2v) is 7.51. The molecule has 26 heavy (non-hydrogen) atoms. The Morgan fingerprint density at radius 2 is 1.85 bits per heavy atom. The number of benzene rings is 1. The lowest BCUT2D eigenvalue weighted by Crippen LogP contribution is -2.55. The Kier molecular flexibility index (Phi) is 5.01. The summed E-state index contributed by atoms with van der Waals surface area (Å²) in [5.41, 5.74) is -0.116. The molecule has 0 aliphatic carbocycles. The van der Waals surface area contributed by atoms with Crippen molar-refractivity contribution in [2.75, 3.05) is 13.1 Å². The van der Waals surface area contributed by atoms with E-state index in [0.29, 0.717) is 0 Å². The predicted octanol–water partition coefficient (Wildman–Crippen LogP) is 3.16. The summed E-state index contributed by atoms with van der Waals surface area (Å²) in [4.78, 5) is 3.73. The number of alkyl halides is 3. The largest absolute Gasteiger partial charge is 0.472 e. The number of pyridine rings is 1. The van der Waals surface area contributed by atoms with Crippen molar-refractivity contribution in [3.63, 3.8) is 0 Å². The van der Waals surface area contributed by atoms with Crippen molar-refractivity contribution in [3.05, 3.63) is 65.2 Å². The van der Waals surface area contributed by atoms with Crippen LogP contribution < -0.4 is 4.74 Å². The van der Waals surface area contributed by atoms with Crippen LogP contribution in [0.5, 0.6) is 5.88 Å². The van der Waals surface area contributed by atoms with Crippen LogP contribution in [0, 0.1) is 0 Å². The molecule has 1 aromatic carbocycles. The smallest absolute Gasteiger partial charge is 0.416 e. The van der Waals surface area contributed by atoms with Gasteiger partial charge in [-0.2, -0.15) is 17.5 Å². The molecule has 1 saturated heterocycles. The molecule has 1 aromatic heterocycles. The van der Waals surface area contributed by atoms with E-state index in [-0.39, 0.29) is 19.0 Å². The van der Waals surface area contributed by atoms with E-state index in [4.69, 9.17) is 4.74 Å². The highest BCUT2D eigenvalue weighted by Gasteiger charge is 2.37. The van der Waals surface area contributed by atoms with Crippen molar-refractivity contribution in [2.45, 2.75) is 12.3 Å². The van der Waals surface area contributed by atoms with Gasteiger partial charge in [0.1, 0.15) is 6.10 Å². The fourth-order valence-electron chi connectivity index (χ4n) is 2.32. The number of nitrogens with zero attached hydrogens (tertiary/aromatic N) is 2. The monoisotopic (exact) mass is 384 g/mol. The van der Waals surface area contributed by atoms with E-state index < -0.39 is 27.9 Å². The minimum Gasteiger partial charge on any atom is -0.472 e. The van der Waals surface area contributed by atoms with Crippen LogP contribution in [0.25, 0.3) is 6.08 Å². The van der Waals surface area contributed by atoms with Crippen LogP contribution in [0.4, 0.5) is 13.2 Å². The zero-order chi connectivity index (χ0) is 18.8. The highest BCUT2D eigenvalue weighted by molar-refractivity contribution is 7.92. The van der Waals surface area contributed by atoms with Gasteiger partial charge in [-0.15, -0.1) is 0 Å². The molecule has 1 aliphatic rings. The third-order valence-corrected chi connectivity index (χ3v) is 5.25. The molecule has 3 rings (SSSR count). The molecule has 0 atom stereocenters. The van der Waals surface area contributed by atoms with Crippen molar-refractivity contribution in [2.24, 2.45) is 0 Å². The molecule has 138 valence electrons. The standard InChI is InChI=1S/C17H15F3N2O3S/c18-17(19,20)14-6-8-21-16(10-14)25-15-11-22(12-15)26(23,24)9-7-13-4-2-1-3-5-13/h1-10,15H,11-12H2/b9-7+. The molecule has 2 heterocycles. The zero-order valence-corrected chi connectivity index (χ0v) is 14.2. The van der Waals surface area contributed by atoms with E-state index >= 15 is 0 Å². The number of hydrogen-bond donors (Lipinski definition) is 0. The summed E-state index contributed by atoms with van der Waals surface area (Å²) in [5, 5.41) is 1.10. The molecule has 0 N–H and O–H groups in total. The van der Waals surface area contributed by atoms with Gasteiger partial charge in [-0.05, 0) is 17.7 Å². The second kappa shape index (κ2) is 7.08. The molecular formula is C17H15F3N2O3S. The Labute approximate surface area is 148 Å². The van der Waals surface area contributed by atoms with Gasteiger partial charge < -0.3 is 4.74 Å². The summed E-state index contributed by atoms with van der Waals surface area (Å²) in [5.74, 6) is -0.179. The fraction of sp³-hybridized carbons (Fsp3) is 0.235. The molecule has 0 bridgehead atoms. The van der Waals surface area contributed by atoms with Gasteiger partial charge in [0.25, 0.3) is 0 Å². The summed E-state index contributed by atoms with van der Waals surface area (Å²) < 4.78 is 68.9. The molecular weight excluding hydrogens is 369 g/mol. The lowest BCUT2D eigenvalue weighted by molar-refractivity contribution is -0.137. The third-order valence-electron chi connectivity index (χ3n) is 3.76. The minimum atomic E-state index is -4.49. The Balaban J connectivity index is 1.58. The van der Waals surface area contributed by atoms with Gasteiger partial charge in [-0.3, -0.25) is 0 Å². The number of hydrogen-bond acceptors (Lipinski definition) is 4. The number of sulfonamides is 1. The van der Waals surface area contributed by atoms with Crippen molar-refractivity contribution >= 4 is 16.1 Å². The van der Waals surface area contributed by atoms with E-state index in [1.165, 1.54) is 10.4 Å². The zero-order valence-electron chi connectivity index (χ0n) is 13.4. The van der Waals surface area contributed by atoms with Crippen LogP contribution in [0.15, 0.2) is 54.1 Å². The fourth-order valence-corrected chi connectivity index (χ4v) is 3.57. The van der Waals surface area contributed by atoms with Crippen LogP contribution in [0.2, 0.25) is 0 Å². The van der Waals surface area contributed by atoms with E-state index in [1.807, 2.05) is 6.07 Å². The summed E-state index contributed by atoms with van der Waals surface area (Å²) in [6, 6.07) is 10.6. The summed E-state index contributed by atoms with van der Waals surface area (Å²) >= 11 is 0. The molecule has 1 fully saturated rings. The first-order chi connectivity index (χ1) is 12.2. The molecule has 0 amide bonds. The highest BCUT2D eigenvalue weighted by atomic mass is 32.2. The van der Waals surface area contributed by atoms with Gasteiger partial charge in [0, 0.05) is 17.7 Å². The molecule has 2 aromatic rings. The number of ether oxygens (including phenoxy) is 1. The average molecular weight is 384 g/mol. The molecule has 0 unspecified atom stereocenters. The molecule has 9 heteroatoms. The van der Waals surface area contributed by atoms with Gasteiger partial charge in [0.05, 0.1) is 18.7 Å². The maximum absolute atomic E-state index is 12.7. The van der Waals surface area contributed by atoms with Crippen LogP contribution in [0.1, 0.15) is 11.1 Å². The van der Waals surface area contributed by atoms with E-state index in [2.05, 4.69) is 4.98 Å². The quantitative estimate of drug-likeness (QED) is 0.795. The Bertz CT molecular complexity index is 893. The topological polar surface area (TPSA) is 59.5 Å². The van der Waals surface area contributed by atoms with Crippen molar-refractivity contribution in [3.8, 4) is 5.88 Å². The first-order valence-corrected chi connectivity index (χ1v) is 9.17. The molecule has 1 aliphatic heterocycles. The Hall–Kier alpha value is -2.39. The maximum Gasteiger partial charge on any atom is 0.416 e. The molecule has 5 nitrogen and oxygen atoms in total. The summed E-state index contributed by atoms with van der Waals surface area (Å²) in [6.07, 6.45) is -2.53. The minimum absolute atomic E-state index is 0.0549. The van der Waals surface area contributed by atoms with Gasteiger partial charge in [-0.25, -0.2) is 13.4 Å². The number of halogens is 3. The van der Waals surface area contributed by atoms with Crippen LogP contribution >= 0.6 is 0 Å². The second-order valence-electron chi connectivity index (χ2n) is 5.70. The van der Waals surface area contributed by atoms with E-state index in [9.17, 15) is 21.6 Å². The van der Waals surface area contributed by atoms with Crippen LogP contribution in [-0.4, -0.2) is 36.9 Å². The Morgan fingerprint density at radius 3 is 2.50 bits per heavy atom.